The first-order valence-corrected chi connectivity index (χ1v) is 5.56. The Kier molecular flexibility index (Phi) is 5.70. The summed E-state index contributed by atoms with van der Waals surface area (Å²) in [5.74, 6) is -0.201. The standard InChI is InChI=1S/C13H16O5/c1-10(14)16-8-13(18-11(2)15)9-17-12-6-4-3-5-7-12/h3-7,13H,8-9H2,1-2H3/t13-/m0/s1. The Balaban J connectivity index is 2.45. The average molecular weight is 252 g/mol. The van der Waals surface area contributed by atoms with Gasteiger partial charge in [-0.25, -0.2) is 0 Å². The summed E-state index contributed by atoms with van der Waals surface area (Å²) in [4.78, 5) is 21.6. The molecule has 1 aromatic rings. The molecule has 1 atom stereocenters. The molecule has 98 valence electrons. The predicted molar refractivity (Wildman–Crippen MR) is 64.1 cm³/mol. The zero-order valence-corrected chi connectivity index (χ0v) is 10.4. The topological polar surface area (TPSA) is 61.8 Å². The second-order valence-corrected chi connectivity index (χ2v) is 3.66. The second-order valence-electron chi connectivity index (χ2n) is 3.66. The van der Waals surface area contributed by atoms with Crippen LogP contribution in [0.4, 0.5) is 0 Å². The van der Waals surface area contributed by atoms with Crippen LogP contribution in [0.2, 0.25) is 0 Å². The highest BCUT2D eigenvalue weighted by atomic mass is 16.6. The van der Waals surface area contributed by atoms with Crippen molar-refractivity contribution in [3.63, 3.8) is 0 Å². The number of carbonyl (C=O) groups is 2. The van der Waals surface area contributed by atoms with Crippen molar-refractivity contribution in [1.29, 1.82) is 0 Å². The molecule has 0 N–H and O–H groups in total. The summed E-state index contributed by atoms with van der Waals surface area (Å²) in [6, 6.07) is 9.12. The van der Waals surface area contributed by atoms with Crippen LogP contribution >= 0.6 is 0 Å². The third-order valence-corrected chi connectivity index (χ3v) is 1.98. The fraction of sp³-hybridized carbons (Fsp3) is 0.385. The van der Waals surface area contributed by atoms with Crippen LogP contribution in [0.25, 0.3) is 0 Å². The van der Waals surface area contributed by atoms with E-state index in [2.05, 4.69) is 0 Å². The molecule has 0 amide bonds. The molecule has 0 bridgehead atoms. The maximum atomic E-state index is 10.9. The van der Waals surface area contributed by atoms with E-state index in [1.165, 1.54) is 13.8 Å². The summed E-state index contributed by atoms with van der Waals surface area (Å²) in [6.45, 7) is 2.71. The lowest BCUT2D eigenvalue weighted by Crippen LogP contribution is -2.29. The number of para-hydroxylation sites is 1. The lowest BCUT2D eigenvalue weighted by molar-refractivity contribution is -0.158. The monoisotopic (exact) mass is 252 g/mol. The fourth-order valence-electron chi connectivity index (χ4n) is 1.27. The number of hydrogen-bond acceptors (Lipinski definition) is 5. The van der Waals surface area contributed by atoms with E-state index in [4.69, 9.17) is 14.2 Å². The first-order valence-electron chi connectivity index (χ1n) is 5.56. The van der Waals surface area contributed by atoms with Crippen molar-refractivity contribution in [1.82, 2.24) is 0 Å². The summed E-state index contributed by atoms with van der Waals surface area (Å²) >= 11 is 0. The van der Waals surface area contributed by atoms with Gasteiger partial charge in [-0.2, -0.15) is 0 Å². The lowest BCUT2D eigenvalue weighted by Gasteiger charge is -2.17. The van der Waals surface area contributed by atoms with Gasteiger partial charge in [-0.1, -0.05) is 18.2 Å². The summed E-state index contributed by atoms with van der Waals surface area (Å²) in [6.07, 6.45) is -0.605. The second kappa shape index (κ2) is 7.32. The molecule has 0 aromatic heterocycles. The van der Waals surface area contributed by atoms with Gasteiger partial charge in [-0.15, -0.1) is 0 Å². The minimum Gasteiger partial charge on any atom is -0.490 e. The van der Waals surface area contributed by atoms with E-state index in [0.717, 1.165) is 0 Å². The van der Waals surface area contributed by atoms with E-state index in [9.17, 15) is 9.59 Å². The van der Waals surface area contributed by atoms with Crippen LogP contribution in [0.5, 0.6) is 5.75 Å². The number of rotatable bonds is 6. The maximum Gasteiger partial charge on any atom is 0.303 e. The molecule has 5 heteroatoms. The molecule has 0 spiro atoms. The fourth-order valence-corrected chi connectivity index (χ4v) is 1.27. The third-order valence-electron chi connectivity index (χ3n) is 1.98. The molecule has 0 unspecified atom stereocenters. The molecule has 18 heavy (non-hydrogen) atoms. The van der Waals surface area contributed by atoms with Gasteiger partial charge in [0.2, 0.25) is 0 Å². The van der Waals surface area contributed by atoms with E-state index >= 15 is 0 Å². The minimum atomic E-state index is -0.605. The quantitative estimate of drug-likeness (QED) is 0.719. The molecule has 0 aliphatic carbocycles. The molecule has 0 aliphatic heterocycles. The summed E-state index contributed by atoms with van der Waals surface area (Å²) < 4.78 is 15.2. The highest BCUT2D eigenvalue weighted by Gasteiger charge is 2.14. The van der Waals surface area contributed by atoms with Gasteiger partial charge in [-0.05, 0) is 12.1 Å². The van der Waals surface area contributed by atoms with Gasteiger partial charge in [0, 0.05) is 13.8 Å². The van der Waals surface area contributed by atoms with Crippen LogP contribution in [0.15, 0.2) is 30.3 Å². The molecule has 0 saturated heterocycles. The largest absolute Gasteiger partial charge is 0.490 e. The Morgan fingerprint density at radius 3 is 2.28 bits per heavy atom. The van der Waals surface area contributed by atoms with Crippen molar-refractivity contribution < 1.29 is 23.8 Å². The number of ether oxygens (including phenoxy) is 3. The van der Waals surface area contributed by atoms with Crippen molar-refractivity contribution in [3.05, 3.63) is 30.3 Å². The molecule has 1 aromatic carbocycles. The average Bonchev–Trinajstić information content (AvgIpc) is 2.33. The summed E-state index contributed by atoms with van der Waals surface area (Å²) in [7, 11) is 0. The zero-order valence-electron chi connectivity index (χ0n) is 10.4. The highest BCUT2D eigenvalue weighted by Crippen LogP contribution is 2.09. The first-order chi connectivity index (χ1) is 8.58. The molecule has 0 aliphatic rings. The van der Waals surface area contributed by atoms with Crippen molar-refractivity contribution in [2.24, 2.45) is 0 Å². The smallest absolute Gasteiger partial charge is 0.303 e. The number of carbonyl (C=O) groups excluding carboxylic acids is 2. The van der Waals surface area contributed by atoms with E-state index in [1.54, 1.807) is 12.1 Å². The van der Waals surface area contributed by atoms with Crippen LogP contribution in [-0.2, 0) is 19.1 Å². The van der Waals surface area contributed by atoms with Gasteiger partial charge in [0.25, 0.3) is 0 Å². The van der Waals surface area contributed by atoms with E-state index in [-0.39, 0.29) is 13.2 Å². The highest BCUT2D eigenvalue weighted by molar-refractivity contribution is 5.67. The first kappa shape index (κ1) is 14.0. The third kappa shape index (κ3) is 5.89. The van der Waals surface area contributed by atoms with Crippen molar-refractivity contribution in [2.45, 2.75) is 20.0 Å². The molecule has 1 rings (SSSR count). The van der Waals surface area contributed by atoms with Crippen LogP contribution in [0.1, 0.15) is 13.8 Å². The summed E-state index contributed by atoms with van der Waals surface area (Å²) in [5, 5.41) is 0. The van der Waals surface area contributed by atoms with Gasteiger partial charge < -0.3 is 14.2 Å². The maximum absolute atomic E-state index is 10.9. The molecular weight excluding hydrogens is 236 g/mol. The number of esters is 2. The SMILES string of the molecule is CC(=O)OC[C@@H](COc1ccccc1)OC(C)=O. The molecule has 0 fully saturated rings. The predicted octanol–water partition coefficient (Wildman–Crippen LogP) is 1.56. The molecule has 0 saturated carbocycles. The Morgan fingerprint density at radius 1 is 1.06 bits per heavy atom. The molecule has 0 radical (unpaired) electrons. The zero-order chi connectivity index (χ0) is 13.4. The van der Waals surface area contributed by atoms with Crippen molar-refractivity contribution in [2.75, 3.05) is 13.2 Å². The van der Waals surface area contributed by atoms with Crippen LogP contribution in [-0.4, -0.2) is 31.3 Å². The Hall–Kier alpha value is -2.04. The Morgan fingerprint density at radius 2 is 1.72 bits per heavy atom. The number of hydrogen-bond donors (Lipinski definition) is 0. The van der Waals surface area contributed by atoms with E-state index in [0.29, 0.717) is 5.75 Å². The van der Waals surface area contributed by atoms with Crippen LogP contribution in [0, 0.1) is 0 Å². The van der Waals surface area contributed by atoms with E-state index < -0.39 is 18.0 Å². The Labute approximate surface area is 106 Å². The van der Waals surface area contributed by atoms with Crippen LogP contribution < -0.4 is 4.74 Å². The molecule has 0 heterocycles. The number of benzene rings is 1. The van der Waals surface area contributed by atoms with Gasteiger partial charge in [0.05, 0.1) is 0 Å². The normalized spacial score (nSPS) is 11.4. The minimum absolute atomic E-state index is 0.0122. The van der Waals surface area contributed by atoms with Crippen molar-refractivity contribution in [3.8, 4) is 5.75 Å². The molecule has 5 nitrogen and oxygen atoms in total. The van der Waals surface area contributed by atoms with Gasteiger partial charge in [-0.3, -0.25) is 9.59 Å². The van der Waals surface area contributed by atoms with Crippen molar-refractivity contribution >= 4 is 11.9 Å². The van der Waals surface area contributed by atoms with E-state index in [1.807, 2.05) is 18.2 Å². The summed E-state index contributed by atoms with van der Waals surface area (Å²) in [5.41, 5.74) is 0. The van der Waals surface area contributed by atoms with Crippen LogP contribution in [0.3, 0.4) is 0 Å². The van der Waals surface area contributed by atoms with Gasteiger partial charge >= 0.3 is 11.9 Å². The van der Waals surface area contributed by atoms with Gasteiger partial charge in [0.15, 0.2) is 6.10 Å². The molecular formula is C13H16O5. The Bertz CT molecular complexity index is 388. The lowest BCUT2D eigenvalue weighted by atomic mass is 10.3. The van der Waals surface area contributed by atoms with Gasteiger partial charge in [0.1, 0.15) is 19.0 Å².